The third kappa shape index (κ3) is 5.01. The van der Waals surface area contributed by atoms with Crippen LogP contribution in [0, 0.1) is 5.92 Å². The van der Waals surface area contributed by atoms with Crippen LogP contribution in [0.25, 0.3) is 0 Å². The Balaban J connectivity index is 1.76. The van der Waals surface area contributed by atoms with E-state index in [9.17, 15) is 9.59 Å². The number of carbonyl (C=O) groups is 2. The molecule has 0 bridgehead atoms. The highest BCUT2D eigenvalue weighted by Crippen LogP contribution is 2.65. The minimum Gasteiger partial charge on any atom is -0.326 e. The number of alkyl halides is 2. The molecule has 152 valence electrons. The first-order valence-electron chi connectivity index (χ1n) is 8.48. The highest BCUT2D eigenvalue weighted by atomic mass is 35.5. The van der Waals surface area contributed by atoms with E-state index < -0.39 is 16.2 Å². The molecule has 29 heavy (non-hydrogen) atoms. The van der Waals surface area contributed by atoms with Gasteiger partial charge >= 0.3 is 0 Å². The van der Waals surface area contributed by atoms with Crippen molar-refractivity contribution in [3.63, 3.8) is 0 Å². The van der Waals surface area contributed by atoms with Gasteiger partial charge in [-0.25, -0.2) is 0 Å². The number of nitrogens with one attached hydrogen (secondary N) is 2. The van der Waals surface area contributed by atoms with Crippen molar-refractivity contribution in [1.82, 2.24) is 0 Å². The average Bonchev–Trinajstić information content (AvgIpc) is 3.19. The van der Waals surface area contributed by atoms with Gasteiger partial charge in [-0.15, -0.1) is 29.8 Å². The van der Waals surface area contributed by atoms with Gasteiger partial charge in [0, 0.05) is 28.1 Å². The van der Waals surface area contributed by atoms with Gasteiger partial charge in [-0.05, 0) is 42.0 Å². The molecule has 9 heteroatoms. The molecule has 3 rings (SSSR count). The van der Waals surface area contributed by atoms with Crippen LogP contribution < -0.4 is 10.6 Å². The number of hydrogen-bond donors (Lipinski definition) is 2. The van der Waals surface area contributed by atoms with Gasteiger partial charge in [-0.2, -0.15) is 0 Å². The fourth-order valence-electron chi connectivity index (χ4n) is 3.07. The summed E-state index contributed by atoms with van der Waals surface area (Å²) in [6, 6.07) is 9.68. The lowest BCUT2D eigenvalue weighted by Crippen LogP contribution is -2.17. The molecular formula is C20H15Cl5N2O2. The van der Waals surface area contributed by atoms with Crippen molar-refractivity contribution >= 4 is 81.2 Å². The Morgan fingerprint density at radius 1 is 1.03 bits per heavy atom. The summed E-state index contributed by atoms with van der Waals surface area (Å²) in [6.07, 6.45) is 1.62. The predicted molar refractivity (Wildman–Crippen MR) is 121 cm³/mol. The maximum absolute atomic E-state index is 12.8. The summed E-state index contributed by atoms with van der Waals surface area (Å²) in [4.78, 5) is 24.6. The Kier molecular flexibility index (Phi) is 6.71. The molecule has 0 radical (unpaired) electrons. The van der Waals surface area contributed by atoms with Gasteiger partial charge in [0.2, 0.25) is 11.8 Å². The Labute approximate surface area is 193 Å². The quantitative estimate of drug-likeness (QED) is 0.349. The lowest BCUT2D eigenvalue weighted by molar-refractivity contribution is -0.117. The summed E-state index contributed by atoms with van der Waals surface area (Å²) in [5.74, 6) is -1.80. The number of carbonyl (C=O) groups excluding carboxylic acids is 2. The highest BCUT2D eigenvalue weighted by Gasteiger charge is 2.67. The zero-order chi connectivity index (χ0) is 21.3. The van der Waals surface area contributed by atoms with Crippen molar-refractivity contribution in [3.05, 3.63) is 69.7 Å². The van der Waals surface area contributed by atoms with Crippen molar-refractivity contribution in [2.24, 2.45) is 5.92 Å². The van der Waals surface area contributed by atoms with Crippen LogP contribution in [0.15, 0.2) is 49.1 Å². The first kappa shape index (κ1) is 22.3. The van der Waals surface area contributed by atoms with Gasteiger partial charge in [0.15, 0.2) is 0 Å². The van der Waals surface area contributed by atoms with E-state index in [0.717, 1.165) is 0 Å². The number of hydrogen-bond acceptors (Lipinski definition) is 2. The average molecular weight is 493 g/mol. The summed E-state index contributed by atoms with van der Waals surface area (Å²) in [7, 11) is 0. The second-order valence-corrected chi connectivity index (χ2v) is 9.28. The minimum atomic E-state index is -1.29. The third-order valence-electron chi connectivity index (χ3n) is 4.42. The Morgan fingerprint density at radius 2 is 1.69 bits per heavy atom. The molecule has 0 heterocycles. The monoisotopic (exact) mass is 490 g/mol. The first-order valence-corrected chi connectivity index (χ1v) is 10.4. The summed E-state index contributed by atoms with van der Waals surface area (Å²) < 4.78 is -1.29. The molecule has 4 nitrogen and oxygen atoms in total. The zero-order valence-corrected chi connectivity index (χ0v) is 18.6. The molecule has 2 amide bonds. The Hall–Kier alpha value is -1.43. The van der Waals surface area contributed by atoms with Gasteiger partial charge < -0.3 is 10.6 Å². The summed E-state index contributed by atoms with van der Waals surface area (Å²) in [5, 5.41) is 6.61. The molecule has 2 aromatic rings. The van der Waals surface area contributed by atoms with Crippen molar-refractivity contribution in [2.75, 3.05) is 10.6 Å². The lowest BCUT2D eigenvalue weighted by atomic mass is 10.1. The number of anilines is 2. The molecule has 0 aliphatic heterocycles. The van der Waals surface area contributed by atoms with Gasteiger partial charge in [-0.1, -0.05) is 40.9 Å². The van der Waals surface area contributed by atoms with E-state index in [0.29, 0.717) is 32.0 Å². The van der Waals surface area contributed by atoms with E-state index in [4.69, 9.17) is 58.0 Å². The minimum absolute atomic E-state index is 0.139. The molecule has 2 atom stereocenters. The smallest absolute Gasteiger partial charge is 0.231 e. The molecule has 0 aromatic heterocycles. The SMILES string of the molecule is C=CCC(=O)Nc1cc(NC(=O)[C@H]2[C@H](c3cc(Cl)cc(Cl)c3)C2(Cl)Cl)ccc1Cl. The van der Waals surface area contributed by atoms with Crippen molar-refractivity contribution in [3.8, 4) is 0 Å². The fraction of sp³-hybridized carbons (Fsp3) is 0.200. The second kappa shape index (κ2) is 8.75. The fourth-order valence-corrected chi connectivity index (χ4v) is 4.61. The molecule has 1 aliphatic carbocycles. The van der Waals surface area contributed by atoms with Crippen LogP contribution in [0.5, 0.6) is 0 Å². The maximum Gasteiger partial charge on any atom is 0.231 e. The lowest BCUT2D eigenvalue weighted by Gasteiger charge is -2.10. The Morgan fingerprint density at radius 3 is 2.31 bits per heavy atom. The third-order valence-corrected chi connectivity index (χ3v) is 6.12. The number of halogens is 5. The van der Waals surface area contributed by atoms with E-state index in [1.807, 2.05) is 0 Å². The van der Waals surface area contributed by atoms with Gasteiger partial charge in [-0.3, -0.25) is 9.59 Å². The molecule has 0 saturated heterocycles. The van der Waals surface area contributed by atoms with Crippen LogP contribution in [0.4, 0.5) is 11.4 Å². The number of amides is 2. The predicted octanol–water partition coefficient (Wildman–Crippen LogP) is 6.69. The van der Waals surface area contributed by atoms with Crippen LogP contribution in [0.1, 0.15) is 17.9 Å². The van der Waals surface area contributed by atoms with Gasteiger partial charge in [0.1, 0.15) is 4.33 Å². The summed E-state index contributed by atoms with van der Waals surface area (Å²) in [5.41, 5.74) is 1.49. The normalized spacial score (nSPS) is 19.3. The topological polar surface area (TPSA) is 58.2 Å². The molecule has 1 aliphatic rings. The maximum atomic E-state index is 12.8. The van der Waals surface area contributed by atoms with Crippen molar-refractivity contribution in [2.45, 2.75) is 16.7 Å². The van der Waals surface area contributed by atoms with Crippen LogP contribution in [0.3, 0.4) is 0 Å². The van der Waals surface area contributed by atoms with E-state index in [2.05, 4.69) is 17.2 Å². The van der Waals surface area contributed by atoms with Crippen LogP contribution in [-0.2, 0) is 9.59 Å². The first-order chi connectivity index (χ1) is 13.6. The van der Waals surface area contributed by atoms with Gasteiger partial charge in [0.25, 0.3) is 0 Å². The van der Waals surface area contributed by atoms with Crippen LogP contribution >= 0.6 is 58.0 Å². The van der Waals surface area contributed by atoms with E-state index in [1.165, 1.54) is 6.08 Å². The van der Waals surface area contributed by atoms with Gasteiger partial charge in [0.05, 0.1) is 16.6 Å². The second-order valence-electron chi connectivity index (χ2n) is 6.56. The van der Waals surface area contributed by atoms with Crippen molar-refractivity contribution in [1.29, 1.82) is 0 Å². The van der Waals surface area contributed by atoms with Crippen LogP contribution in [-0.4, -0.2) is 16.1 Å². The molecule has 2 aromatic carbocycles. The van der Waals surface area contributed by atoms with Crippen molar-refractivity contribution < 1.29 is 9.59 Å². The molecule has 1 saturated carbocycles. The Bertz CT molecular complexity index is 973. The largest absolute Gasteiger partial charge is 0.326 e. The molecule has 0 unspecified atom stereocenters. The van der Waals surface area contributed by atoms with E-state index >= 15 is 0 Å². The molecule has 2 N–H and O–H groups in total. The standard InChI is InChI=1S/C20H15Cl5N2O2/c1-2-3-16(28)27-15-9-13(4-5-14(15)23)26-19(29)18-17(20(18,24)25)10-6-11(21)8-12(22)7-10/h2,4-9,17-18H,1,3H2,(H,26,29)(H,27,28)/t17-,18+/m0/s1. The molecule has 1 fully saturated rings. The van der Waals surface area contributed by atoms with E-state index in [1.54, 1.807) is 36.4 Å². The highest BCUT2D eigenvalue weighted by molar-refractivity contribution is 6.53. The summed E-state index contributed by atoms with van der Waals surface area (Å²) >= 11 is 30.9. The van der Waals surface area contributed by atoms with Crippen LogP contribution in [0.2, 0.25) is 15.1 Å². The zero-order valence-electron chi connectivity index (χ0n) is 14.8. The molecule has 0 spiro atoms. The van der Waals surface area contributed by atoms with E-state index in [-0.39, 0.29) is 18.2 Å². The number of rotatable bonds is 6. The molecular weight excluding hydrogens is 477 g/mol. The number of benzene rings is 2. The summed E-state index contributed by atoms with van der Waals surface area (Å²) in [6.45, 7) is 3.51.